The summed E-state index contributed by atoms with van der Waals surface area (Å²) in [5.74, 6) is -0.369. The van der Waals surface area contributed by atoms with Crippen LogP contribution in [0.1, 0.15) is 27.0 Å². The minimum atomic E-state index is -3.88. The van der Waals surface area contributed by atoms with Gasteiger partial charge in [0.15, 0.2) is 0 Å². The van der Waals surface area contributed by atoms with Crippen molar-refractivity contribution in [2.45, 2.75) is 25.1 Å². The predicted molar refractivity (Wildman–Crippen MR) is 111 cm³/mol. The normalized spacial score (nSPS) is 11.3. The minimum Gasteiger partial charge on any atom is -0.296 e. The van der Waals surface area contributed by atoms with Crippen LogP contribution in [0.2, 0.25) is 0 Å². The zero-order chi connectivity index (χ0) is 20.5. The molecule has 9 heteroatoms. The molecule has 0 fully saturated rings. The van der Waals surface area contributed by atoms with Gasteiger partial charge in [-0.15, -0.1) is 10.2 Å². The predicted octanol–water partition coefficient (Wildman–Crippen LogP) is 3.54. The molecule has 1 N–H and O–H groups in total. The van der Waals surface area contributed by atoms with Crippen molar-refractivity contribution in [3.63, 3.8) is 0 Å². The average Bonchev–Trinajstić information content (AvgIpc) is 3.09. The van der Waals surface area contributed by atoms with E-state index in [2.05, 4.69) is 15.5 Å². The summed E-state index contributed by atoms with van der Waals surface area (Å²) in [5, 5.41) is 10.3. The Balaban J connectivity index is 1.82. The first-order valence-electron chi connectivity index (χ1n) is 8.45. The maximum atomic E-state index is 12.9. The largest absolute Gasteiger partial charge is 0.296 e. The highest BCUT2D eigenvalue weighted by Gasteiger charge is 2.27. The summed E-state index contributed by atoms with van der Waals surface area (Å²) in [6.45, 7) is 5.69. The summed E-state index contributed by atoms with van der Waals surface area (Å²) < 4.78 is 26.8. The monoisotopic (exact) mass is 416 g/mol. The van der Waals surface area contributed by atoms with E-state index in [9.17, 15) is 13.2 Å². The van der Waals surface area contributed by atoms with Crippen molar-refractivity contribution in [1.29, 1.82) is 0 Å². The van der Waals surface area contributed by atoms with Crippen molar-refractivity contribution in [3.05, 3.63) is 64.7 Å². The van der Waals surface area contributed by atoms with Crippen LogP contribution in [0.3, 0.4) is 0 Å². The summed E-state index contributed by atoms with van der Waals surface area (Å²) in [6.07, 6.45) is 0. The van der Waals surface area contributed by atoms with Crippen molar-refractivity contribution in [3.8, 4) is 0 Å². The van der Waals surface area contributed by atoms with Gasteiger partial charge >= 0.3 is 0 Å². The van der Waals surface area contributed by atoms with Crippen LogP contribution in [0.15, 0.2) is 46.8 Å². The molecule has 3 rings (SSSR count). The number of aryl methyl sites for hydroxylation is 3. The van der Waals surface area contributed by atoms with Gasteiger partial charge < -0.3 is 0 Å². The highest BCUT2D eigenvalue weighted by atomic mass is 32.2. The van der Waals surface area contributed by atoms with Gasteiger partial charge in [0.2, 0.25) is 5.13 Å². The molecule has 1 amide bonds. The Labute approximate surface area is 168 Å². The first kappa shape index (κ1) is 20.0. The van der Waals surface area contributed by atoms with E-state index in [1.165, 1.54) is 11.4 Å². The Bertz CT molecular complexity index is 1120. The van der Waals surface area contributed by atoms with Crippen LogP contribution in [-0.4, -0.2) is 31.6 Å². The number of hydrogen-bond donors (Lipinski definition) is 1. The summed E-state index contributed by atoms with van der Waals surface area (Å²) >= 11 is 0.815. The summed E-state index contributed by atoms with van der Waals surface area (Å²) in [5.41, 5.74) is 3.87. The lowest BCUT2D eigenvalue weighted by molar-refractivity contribution is 0.102. The molecule has 3 aromatic rings. The van der Waals surface area contributed by atoms with Crippen LogP contribution in [0.4, 0.5) is 10.8 Å². The molecule has 1 heterocycles. The van der Waals surface area contributed by atoms with Crippen LogP contribution in [-0.2, 0) is 10.0 Å². The van der Waals surface area contributed by atoms with Crippen LogP contribution in [0, 0.1) is 20.8 Å². The van der Waals surface area contributed by atoms with Gasteiger partial charge in [-0.05, 0) is 56.2 Å². The standard InChI is InChI=1S/C19H20N4O3S2/c1-12-6-5-7-15(9-12)17(24)20-18-21-22-19(27-18)28(25,26)23(4)16-10-13(2)8-14(3)11-16/h5-11H,1-4H3,(H,20,21,24). The molecule has 0 saturated carbocycles. The second kappa shape index (κ2) is 7.69. The van der Waals surface area contributed by atoms with Gasteiger partial charge in [0.05, 0.1) is 5.69 Å². The molecule has 7 nitrogen and oxygen atoms in total. The smallest absolute Gasteiger partial charge is 0.293 e. The highest BCUT2D eigenvalue weighted by Crippen LogP contribution is 2.27. The van der Waals surface area contributed by atoms with Crippen molar-refractivity contribution in [2.24, 2.45) is 0 Å². The van der Waals surface area contributed by atoms with Crippen LogP contribution in [0.5, 0.6) is 0 Å². The number of sulfonamides is 1. The fraction of sp³-hybridized carbons (Fsp3) is 0.211. The molecule has 0 aliphatic carbocycles. The second-order valence-electron chi connectivity index (χ2n) is 6.52. The second-order valence-corrected chi connectivity index (χ2v) is 9.64. The number of nitrogens with one attached hydrogen (secondary N) is 1. The van der Waals surface area contributed by atoms with E-state index in [-0.39, 0.29) is 15.4 Å². The molecule has 0 atom stereocenters. The van der Waals surface area contributed by atoms with Gasteiger partial charge in [0, 0.05) is 12.6 Å². The lowest BCUT2D eigenvalue weighted by Crippen LogP contribution is -2.26. The Morgan fingerprint density at radius 3 is 2.32 bits per heavy atom. The van der Waals surface area contributed by atoms with Gasteiger partial charge in [-0.1, -0.05) is 35.1 Å². The number of hydrogen-bond acceptors (Lipinski definition) is 6. The number of amides is 1. The molecule has 146 valence electrons. The molecule has 2 aromatic carbocycles. The molecule has 0 aliphatic rings. The topological polar surface area (TPSA) is 92.3 Å². The maximum absolute atomic E-state index is 12.9. The molecule has 0 spiro atoms. The zero-order valence-electron chi connectivity index (χ0n) is 15.9. The van der Waals surface area contributed by atoms with E-state index in [0.717, 1.165) is 28.0 Å². The minimum absolute atomic E-state index is 0.124. The number of anilines is 2. The third-order valence-electron chi connectivity index (χ3n) is 4.06. The zero-order valence-corrected chi connectivity index (χ0v) is 17.6. The third kappa shape index (κ3) is 4.20. The average molecular weight is 417 g/mol. The Hall–Kier alpha value is -2.78. The Kier molecular flexibility index (Phi) is 5.48. The number of nitrogens with zero attached hydrogens (tertiary/aromatic N) is 3. The molecule has 0 bridgehead atoms. The summed E-state index contributed by atoms with van der Waals surface area (Å²) in [6, 6.07) is 12.6. The number of carbonyl (C=O) groups excluding carboxylic acids is 1. The van der Waals surface area contributed by atoms with E-state index < -0.39 is 10.0 Å². The molecule has 0 unspecified atom stereocenters. The lowest BCUT2D eigenvalue weighted by Gasteiger charge is -2.18. The molecule has 0 aliphatic heterocycles. The fourth-order valence-electron chi connectivity index (χ4n) is 2.71. The molecular formula is C19H20N4O3S2. The van der Waals surface area contributed by atoms with Crippen molar-refractivity contribution < 1.29 is 13.2 Å². The van der Waals surface area contributed by atoms with E-state index in [0.29, 0.717) is 11.3 Å². The van der Waals surface area contributed by atoms with E-state index in [1.807, 2.05) is 32.9 Å². The third-order valence-corrected chi connectivity index (χ3v) is 7.03. The number of aromatic nitrogens is 2. The van der Waals surface area contributed by atoms with E-state index in [4.69, 9.17) is 0 Å². The molecular weight excluding hydrogens is 396 g/mol. The number of rotatable bonds is 5. The summed E-state index contributed by atoms with van der Waals surface area (Å²) in [4.78, 5) is 12.3. The van der Waals surface area contributed by atoms with Gasteiger partial charge in [-0.3, -0.25) is 14.4 Å². The highest BCUT2D eigenvalue weighted by molar-refractivity contribution is 7.94. The Morgan fingerprint density at radius 1 is 1.00 bits per heavy atom. The quantitative estimate of drug-likeness (QED) is 0.642. The Morgan fingerprint density at radius 2 is 1.68 bits per heavy atom. The van der Waals surface area contributed by atoms with Crippen molar-refractivity contribution >= 4 is 38.1 Å². The van der Waals surface area contributed by atoms with Crippen LogP contribution >= 0.6 is 11.3 Å². The maximum Gasteiger partial charge on any atom is 0.293 e. The van der Waals surface area contributed by atoms with Crippen molar-refractivity contribution in [1.82, 2.24) is 10.2 Å². The molecule has 0 radical (unpaired) electrons. The summed E-state index contributed by atoms with van der Waals surface area (Å²) in [7, 11) is -2.42. The fourth-order valence-corrected chi connectivity index (χ4v) is 4.94. The van der Waals surface area contributed by atoms with Gasteiger partial charge in [0.1, 0.15) is 0 Å². The molecule has 0 saturated heterocycles. The first-order chi connectivity index (χ1) is 13.2. The van der Waals surface area contributed by atoms with Crippen molar-refractivity contribution in [2.75, 3.05) is 16.7 Å². The molecule has 1 aromatic heterocycles. The van der Waals surface area contributed by atoms with Gasteiger partial charge in [0.25, 0.3) is 20.3 Å². The number of carbonyl (C=O) groups is 1. The van der Waals surface area contributed by atoms with E-state index in [1.54, 1.807) is 30.3 Å². The van der Waals surface area contributed by atoms with Crippen LogP contribution < -0.4 is 9.62 Å². The lowest BCUT2D eigenvalue weighted by atomic mass is 10.1. The number of benzene rings is 2. The molecule has 28 heavy (non-hydrogen) atoms. The van der Waals surface area contributed by atoms with Gasteiger partial charge in [-0.2, -0.15) is 8.42 Å². The first-order valence-corrected chi connectivity index (χ1v) is 10.7. The van der Waals surface area contributed by atoms with Crippen LogP contribution in [0.25, 0.3) is 0 Å². The van der Waals surface area contributed by atoms with E-state index >= 15 is 0 Å². The van der Waals surface area contributed by atoms with Gasteiger partial charge in [-0.25, -0.2) is 0 Å². The SMILES string of the molecule is Cc1cccc(C(=O)Nc2nnc(S(=O)(=O)N(C)c3cc(C)cc(C)c3)s2)c1.